The Kier molecular flexibility index (Phi) is 4.81. The Labute approximate surface area is 141 Å². The lowest BCUT2D eigenvalue weighted by molar-refractivity contribution is 0.0750. The second-order valence-corrected chi connectivity index (χ2v) is 12.8. The van der Waals surface area contributed by atoms with Crippen LogP contribution in [0.4, 0.5) is 5.95 Å². The smallest absolute Gasteiger partial charge is 0.269 e. The second-order valence-electron chi connectivity index (χ2n) is 7.21. The summed E-state index contributed by atoms with van der Waals surface area (Å²) in [5.41, 5.74) is 0.488. The molecule has 0 amide bonds. The van der Waals surface area contributed by atoms with Gasteiger partial charge in [-0.1, -0.05) is 19.6 Å². The number of nitrogens with zero attached hydrogens (tertiary/aromatic N) is 5. The third-order valence-corrected chi connectivity index (χ3v) is 5.63. The van der Waals surface area contributed by atoms with Gasteiger partial charge in [0.15, 0.2) is 5.82 Å². The predicted octanol–water partition coefficient (Wildman–Crippen LogP) is 1.63. The maximum Gasteiger partial charge on any atom is 0.269 e. The van der Waals surface area contributed by atoms with Crippen molar-refractivity contribution >= 4 is 14.0 Å². The zero-order valence-electron chi connectivity index (χ0n) is 14.4. The van der Waals surface area contributed by atoms with Crippen LogP contribution in [0.25, 0.3) is 11.4 Å². The number of nitrogens with one attached hydrogen (secondary N) is 1. The molecule has 1 aliphatic rings. The summed E-state index contributed by atoms with van der Waals surface area (Å²) in [6.07, 6.45) is 2.66. The van der Waals surface area contributed by atoms with Gasteiger partial charge in [-0.25, -0.2) is 4.68 Å². The minimum Gasteiger partial charge on any atom is -0.359 e. The van der Waals surface area contributed by atoms with Gasteiger partial charge in [0.2, 0.25) is 5.95 Å². The molecule has 0 saturated heterocycles. The molecular formula is C15H24N6O2Si. The number of fused-ring (bicyclic) bond motifs is 1. The highest BCUT2D eigenvalue weighted by atomic mass is 28.3. The topological polar surface area (TPSA) is 86.9 Å². The Balaban J connectivity index is 1.69. The van der Waals surface area contributed by atoms with Gasteiger partial charge in [-0.2, -0.15) is 5.10 Å². The number of hydrogen-bond donors (Lipinski definition) is 1. The zero-order chi connectivity index (χ0) is 17.2. The number of anilines is 1. The molecule has 0 aromatic carbocycles. The van der Waals surface area contributed by atoms with E-state index < -0.39 is 8.07 Å². The molecule has 0 spiro atoms. The molecule has 0 fully saturated rings. The van der Waals surface area contributed by atoms with E-state index in [0.717, 1.165) is 31.5 Å². The van der Waals surface area contributed by atoms with Crippen LogP contribution >= 0.6 is 0 Å². The van der Waals surface area contributed by atoms with Crippen molar-refractivity contribution in [3.05, 3.63) is 22.6 Å². The normalized spacial score (nSPS) is 14.3. The van der Waals surface area contributed by atoms with Crippen molar-refractivity contribution in [2.45, 2.75) is 45.4 Å². The molecule has 2 aromatic rings. The molecule has 1 N–H and O–H groups in total. The van der Waals surface area contributed by atoms with Crippen LogP contribution in [0.3, 0.4) is 0 Å². The first-order valence-corrected chi connectivity index (χ1v) is 12.0. The van der Waals surface area contributed by atoms with Crippen LogP contribution in [0, 0.1) is 0 Å². The molecule has 130 valence electrons. The highest BCUT2D eigenvalue weighted by Gasteiger charge is 2.17. The fourth-order valence-corrected chi connectivity index (χ4v) is 3.24. The number of rotatable bonds is 6. The molecule has 8 nitrogen and oxygen atoms in total. The van der Waals surface area contributed by atoms with Crippen molar-refractivity contribution in [2.24, 2.45) is 0 Å². The predicted molar refractivity (Wildman–Crippen MR) is 94.7 cm³/mol. The summed E-state index contributed by atoms with van der Waals surface area (Å²) in [7, 11) is -1.13. The lowest BCUT2D eigenvalue weighted by Crippen LogP contribution is -2.26. The van der Waals surface area contributed by atoms with Crippen molar-refractivity contribution in [1.29, 1.82) is 0 Å². The molecule has 0 saturated carbocycles. The average Bonchev–Trinajstić information content (AvgIpc) is 2.96. The summed E-state index contributed by atoms with van der Waals surface area (Å²) in [6, 6.07) is 2.61. The van der Waals surface area contributed by atoms with E-state index >= 15 is 0 Å². The first kappa shape index (κ1) is 16.8. The summed E-state index contributed by atoms with van der Waals surface area (Å²) >= 11 is 0. The van der Waals surface area contributed by atoms with Crippen LogP contribution in [0.15, 0.2) is 17.1 Å². The van der Waals surface area contributed by atoms with Crippen molar-refractivity contribution in [3.8, 4) is 11.4 Å². The third-order valence-electron chi connectivity index (χ3n) is 3.93. The van der Waals surface area contributed by atoms with E-state index in [2.05, 4.69) is 40.3 Å². The van der Waals surface area contributed by atoms with E-state index in [1.807, 2.05) is 4.57 Å². The van der Waals surface area contributed by atoms with Crippen molar-refractivity contribution in [3.63, 3.8) is 0 Å². The first-order valence-electron chi connectivity index (χ1n) is 8.26. The highest BCUT2D eigenvalue weighted by molar-refractivity contribution is 6.76. The quantitative estimate of drug-likeness (QED) is 0.631. The maximum atomic E-state index is 12.3. The highest BCUT2D eigenvalue weighted by Crippen LogP contribution is 2.21. The molecular weight excluding hydrogens is 324 g/mol. The van der Waals surface area contributed by atoms with Crippen molar-refractivity contribution in [2.75, 3.05) is 18.5 Å². The monoisotopic (exact) mass is 348 g/mol. The van der Waals surface area contributed by atoms with Gasteiger partial charge in [0.25, 0.3) is 5.56 Å². The Hall–Kier alpha value is -2.00. The van der Waals surface area contributed by atoms with Crippen molar-refractivity contribution in [1.82, 2.24) is 24.5 Å². The van der Waals surface area contributed by atoms with Crippen LogP contribution in [0.1, 0.15) is 6.42 Å². The fraction of sp³-hybridized carbons (Fsp3) is 0.600. The SMILES string of the molecule is C[Si](C)(C)CCOCn1ncc(-c2nnc3n2CCCN3)cc1=O. The van der Waals surface area contributed by atoms with Crippen LogP contribution in [0.2, 0.25) is 25.7 Å². The second kappa shape index (κ2) is 6.86. The van der Waals surface area contributed by atoms with Crippen LogP contribution in [-0.2, 0) is 18.0 Å². The summed E-state index contributed by atoms with van der Waals surface area (Å²) in [5, 5.41) is 15.7. The standard InChI is InChI=1S/C15H24N6O2Si/c1-24(2,3)8-7-23-11-21-13(22)9-12(10-17-21)14-18-19-15-16-5-4-6-20(14)15/h9-10H,4-8,11H2,1-3H3,(H,16,19). The summed E-state index contributed by atoms with van der Waals surface area (Å²) < 4.78 is 8.90. The van der Waals surface area contributed by atoms with Crippen LogP contribution < -0.4 is 10.9 Å². The van der Waals surface area contributed by atoms with E-state index in [9.17, 15) is 4.79 Å². The van der Waals surface area contributed by atoms with Gasteiger partial charge >= 0.3 is 0 Å². The Morgan fingerprint density at radius 1 is 1.33 bits per heavy atom. The fourth-order valence-electron chi connectivity index (χ4n) is 2.48. The van der Waals surface area contributed by atoms with E-state index in [1.165, 1.54) is 4.68 Å². The molecule has 3 rings (SSSR count). The molecule has 24 heavy (non-hydrogen) atoms. The van der Waals surface area contributed by atoms with Crippen LogP contribution in [-0.4, -0.2) is 45.8 Å². The maximum absolute atomic E-state index is 12.3. The Morgan fingerprint density at radius 2 is 2.17 bits per heavy atom. The van der Waals surface area contributed by atoms with E-state index in [0.29, 0.717) is 18.0 Å². The first-order chi connectivity index (χ1) is 11.4. The van der Waals surface area contributed by atoms with Gasteiger partial charge in [0.1, 0.15) is 6.73 Å². The van der Waals surface area contributed by atoms with E-state index in [1.54, 1.807) is 12.3 Å². The number of aromatic nitrogens is 5. The lowest BCUT2D eigenvalue weighted by Gasteiger charge is -2.16. The molecule has 9 heteroatoms. The summed E-state index contributed by atoms with van der Waals surface area (Å²) in [4.78, 5) is 12.3. The van der Waals surface area contributed by atoms with E-state index in [-0.39, 0.29) is 12.3 Å². The molecule has 0 unspecified atom stereocenters. The molecule has 3 heterocycles. The van der Waals surface area contributed by atoms with Gasteiger partial charge < -0.3 is 10.1 Å². The summed E-state index contributed by atoms with van der Waals surface area (Å²) in [6.45, 7) is 9.47. The molecule has 0 aliphatic carbocycles. The molecule has 0 atom stereocenters. The third kappa shape index (κ3) is 3.90. The van der Waals surface area contributed by atoms with Crippen LogP contribution in [0.5, 0.6) is 0 Å². The molecule has 0 bridgehead atoms. The number of hydrogen-bond acceptors (Lipinski definition) is 6. The Morgan fingerprint density at radius 3 is 2.92 bits per heavy atom. The molecule has 2 aromatic heterocycles. The lowest BCUT2D eigenvalue weighted by atomic mass is 10.2. The Bertz CT molecular complexity index is 764. The van der Waals surface area contributed by atoms with Gasteiger partial charge in [-0.05, 0) is 12.5 Å². The molecule has 0 radical (unpaired) electrons. The minimum absolute atomic E-state index is 0.184. The largest absolute Gasteiger partial charge is 0.359 e. The zero-order valence-corrected chi connectivity index (χ0v) is 15.4. The summed E-state index contributed by atoms with van der Waals surface area (Å²) in [5.74, 6) is 1.42. The van der Waals surface area contributed by atoms with Gasteiger partial charge in [-0.3, -0.25) is 9.36 Å². The average molecular weight is 348 g/mol. The minimum atomic E-state index is -1.13. The van der Waals surface area contributed by atoms with Gasteiger partial charge in [0.05, 0.1) is 6.20 Å². The van der Waals surface area contributed by atoms with E-state index in [4.69, 9.17) is 4.74 Å². The van der Waals surface area contributed by atoms with Crippen molar-refractivity contribution < 1.29 is 4.74 Å². The number of ether oxygens (including phenoxy) is 1. The van der Waals surface area contributed by atoms with Gasteiger partial charge in [0, 0.05) is 39.4 Å². The van der Waals surface area contributed by atoms with Gasteiger partial charge in [-0.15, -0.1) is 10.2 Å². The molecule has 1 aliphatic heterocycles.